The molecule has 0 saturated carbocycles. The zero-order chi connectivity index (χ0) is 23.0. The lowest BCUT2D eigenvalue weighted by Crippen LogP contribution is -2.42. The SMILES string of the molecule is CC1(c2ccc([N+](=O)[O-])cc2)NC(=O)N(CC(=O)Nc2ccc(S(C)(=O)=O)cc2)C1=O. The first-order valence-electron chi connectivity index (χ1n) is 8.91. The van der Waals surface area contributed by atoms with Crippen LogP contribution in [0.3, 0.4) is 0 Å². The molecular formula is C19H18N4O7S. The lowest BCUT2D eigenvalue weighted by atomic mass is 9.92. The van der Waals surface area contributed by atoms with Crippen LogP contribution in [0.4, 0.5) is 16.2 Å². The summed E-state index contributed by atoms with van der Waals surface area (Å²) in [5, 5.41) is 15.8. The lowest BCUT2D eigenvalue weighted by molar-refractivity contribution is -0.384. The predicted octanol–water partition coefficient (Wildman–Crippen LogP) is 1.40. The Hall–Kier alpha value is -3.80. The summed E-state index contributed by atoms with van der Waals surface area (Å²) in [6.45, 7) is 0.872. The van der Waals surface area contributed by atoms with Crippen molar-refractivity contribution in [1.82, 2.24) is 10.2 Å². The van der Waals surface area contributed by atoms with E-state index in [0.717, 1.165) is 11.2 Å². The van der Waals surface area contributed by atoms with E-state index in [1.165, 1.54) is 55.5 Å². The second kappa shape index (κ2) is 7.80. The summed E-state index contributed by atoms with van der Waals surface area (Å²) in [5.74, 6) is -1.35. The number of carbonyl (C=O) groups excluding carboxylic acids is 3. The molecule has 2 N–H and O–H groups in total. The summed E-state index contributed by atoms with van der Waals surface area (Å²) in [4.78, 5) is 48.6. The fraction of sp³-hybridized carbons (Fsp3) is 0.211. The molecule has 11 nitrogen and oxygen atoms in total. The molecule has 0 aliphatic carbocycles. The molecule has 1 fully saturated rings. The van der Waals surface area contributed by atoms with Crippen LogP contribution in [0.1, 0.15) is 12.5 Å². The van der Waals surface area contributed by atoms with E-state index < -0.39 is 44.7 Å². The Morgan fingerprint density at radius 2 is 1.71 bits per heavy atom. The monoisotopic (exact) mass is 446 g/mol. The molecule has 1 heterocycles. The van der Waals surface area contributed by atoms with Crippen LogP contribution in [-0.4, -0.2) is 48.9 Å². The molecule has 1 saturated heterocycles. The van der Waals surface area contributed by atoms with Gasteiger partial charge in [-0.1, -0.05) is 0 Å². The summed E-state index contributed by atoms with van der Waals surface area (Å²) in [5.41, 5.74) is -1.02. The molecule has 12 heteroatoms. The molecule has 31 heavy (non-hydrogen) atoms. The highest BCUT2D eigenvalue weighted by Crippen LogP contribution is 2.30. The first-order valence-corrected chi connectivity index (χ1v) is 10.8. The van der Waals surface area contributed by atoms with Crippen molar-refractivity contribution in [3.63, 3.8) is 0 Å². The van der Waals surface area contributed by atoms with Gasteiger partial charge in [-0.2, -0.15) is 0 Å². The van der Waals surface area contributed by atoms with Crippen LogP contribution >= 0.6 is 0 Å². The predicted molar refractivity (Wildman–Crippen MR) is 109 cm³/mol. The Kier molecular flexibility index (Phi) is 5.51. The molecule has 0 spiro atoms. The van der Waals surface area contributed by atoms with Crippen LogP contribution in [0.5, 0.6) is 0 Å². The van der Waals surface area contributed by atoms with Gasteiger partial charge >= 0.3 is 6.03 Å². The summed E-state index contributed by atoms with van der Waals surface area (Å²) >= 11 is 0. The van der Waals surface area contributed by atoms with E-state index in [-0.39, 0.29) is 10.6 Å². The highest BCUT2D eigenvalue weighted by Gasteiger charge is 2.49. The maximum atomic E-state index is 12.9. The number of rotatable bonds is 6. The van der Waals surface area contributed by atoms with E-state index in [1.807, 2.05) is 0 Å². The van der Waals surface area contributed by atoms with Gasteiger partial charge in [0.2, 0.25) is 5.91 Å². The Balaban J connectivity index is 1.72. The Labute approximate surface area is 177 Å². The van der Waals surface area contributed by atoms with Gasteiger partial charge in [0.1, 0.15) is 12.1 Å². The van der Waals surface area contributed by atoms with Crippen molar-refractivity contribution in [3.05, 3.63) is 64.2 Å². The van der Waals surface area contributed by atoms with Crippen molar-refractivity contribution in [2.45, 2.75) is 17.4 Å². The van der Waals surface area contributed by atoms with Crippen molar-refractivity contribution in [2.24, 2.45) is 0 Å². The first kappa shape index (κ1) is 21.9. The summed E-state index contributed by atoms with van der Waals surface area (Å²) in [7, 11) is -3.38. The number of hydrogen-bond donors (Lipinski definition) is 2. The molecule has 4 amide bonds. The van der Waals surface area contributed by atoms with Gasteiger partial charge < -0.3 is 10.6 Å². The third-order valence-electron chi connectivity index (χ3n) is 4.80. The normalized spacial score (nSPS) is 18.6. The average molecular weight is 446 g/mol. The minimum absolute atomic E-state index is 0.0819. The van der Waals surface area contributed by atoms with Gasteiger partial charge in [0.05, 0.1) is 9.82 Å². The number of nitro benzene ring substituents is 1. The van der Waals surface area contributed by atoms with Crippen molar-refractivity contribution >= 4 is 39.1 Å². The summed E-state index contributed by atoms with van der Waals surface area (Å²) in [6.07, 6.45) is 1.06. The molecular weight excluding hydrogens is 428 g/mol. The van der Waals surface area contributed by atoms with Gasteiger partial charge in [-0.3, -0.25) is 24.6 Å². The summed E-state index contributed by atoms with van der Waals surface area (Å²) < 4.78 is 23.0. The van der Waals surface area contributed by atoms with Crippen molar-refractivity contribution < 1.29 is 27.7 Å². The maximum absolute atomic E-state index is 12.9. The zero-order valence-electron chi connectivity index (χ0n) is 16.5. The van der Waals surface area contributed by atoms with Gasteiger partial charge in [-0.15, -0.1) is 0 Å². The number of amides is 4. The molecule has 0 radical (unpaired) electrons. The Bertz CT molecular complexity index is 1180. The van der Waals surface area contributed by atoms with E-state index in [9.17, 15) is 32.9 Å². The minimum Gasteiger partial charge on any atom is -0.325 e. The number of imide groups is 1. The van der Waals surface area contributed by atoms with Crippen molar-refractivity contribution in [2.75, 3.05) is 18.1 Å². The standard InChI is InChI=1S/C19H18N4O7S/c1-19(12-3-7-14(8-4-12)23(27)28)17(25)22(18(26)21-19)11-16(24)20-13-5-9-15(10-6-13)31(2,29)30/h3-10H,11H2,1-2H3,(H,20,24)(H,21,26). The van der Waals surface area contributed by atoms with E-state index in [1.54, 1.807) is 0 Å². The second-order valence-electron chi connectivity index (χ2n) is 7.10. The highest BCUT2D eigenvalue weighted by molar-refractivity contribution is 7.90. The number of benzene rings is 2. The molecule has 1 aliphatic heterocycles. The van der Waals surface area contributed by atoms with Crippen LogP contribution in [-0.2, 0) is 25.0 Å². The van der Waals surface area contributed by atoms with Crippen LogP contribution in [0.15, 0.2) is 53.4 Å². The molecule has 1 atom stereocenters. The van der Waals surface area contributed by atoms with Crippen LogP contribution in [0, 0.1) is 10.1 Å². The molecule has 162 valence electrons. The summed E-state index contributed by atoms with van der Waals surface area (Å²) in [6, 6.07) is 9.81. The highest BCUT2D eigenvalue weighted by atomic mass is 32.2. The second-order valence-corrected chi connectivity index (χ2v) is 9.11. The first-order chi connectivity index (χ1) is 14.4. The number of nitrogens with one attached hydrogen (secondary N) is 2. The van der Waals surface area contributed by atoms with Crippen molar-refractivity contribution in [1.29, 1.82) is 0 Å². The van der Waals surface area contributed by atoms with Gasteiger partial charge in [-0.05, 0) is 48.9 Å². The number of nitrogens with zero attached hydrogens (tertiary/aromatic N) is 2. The number of hydrogen-bond acceptors (Lipinski definition) is 7. The van der Waals surface area contributed by atoms with E-state index in [0.29, 0.717) is 11.3 Å². The third-order valence-corrected chi connectivity index (χ3v) is 5.93. The maximum Gasteiger partial charge on any atom is 0.325 e. The molecule has 2 aromatic rings. The Morgan fingerprint density at radius 3 is 2.23 bits per heavy atom. The van der Waals surface area contributed by atoms with Crippen LogP contribution < -0.4 is 10.6 Å². The third kappa shape index (κ3) is 4.38. The van der Waals surface area contributed by atoms with E-state index in [4.69, 9.17) is 0 Å². The van der Waals surface area contributed by atoms with Gasteiger partial charge in [-0.25, -0.2) is 13.2 Å². The number of nitro groups is 1. The van der Waals surface area contributed by atoms with Gasteiger partial charge in [0.25, 0.3) is 11.6 Å². The van der Waals surface area contributed by atoms with Gasteiger partial charge in [0.15, 0.2) is 9.84 Å². The molecule has 0 bridgehead atoms. The Morgan fingerprint density at radius 1 is 1.13 bits per heavy atom. The quantitative estimate of drug-likeness (QED) is 0.386. The fourth-order valence-corrected chi connectivity index (χ4v) is 3.71. The zero-order valence-corrected chi connectivity index (χ0v) is 17.3. The van der Waals surface area contributed by atoms with Crippen molar-refractivity contribution in [3.8, 4) is 0 Å². The molecule has 1 unspecified atom stereocenters. The topological polar surface area (TPSA) is 156 Å². The van der Waals surface area contributed by atoms with E-state index >= 15 is 0 Å². The number of urea groups is 1. The largest absolute Gasteiger partial charge is 0.325 e. The number of sulfone groups is 1. The van der Waals surface area contributed by atoms with Gasteiger partial charge in [0, 0.05) is 24.1 Å². The number of carbonyl (C=O) groups is 3. The molecule has 3 rings (SSSR count). The molecule has 2 aromatic carbocycles. The fourth-order valence-electron chi connectivity index (χ4n) is 3.08. The van der Waals surface area contributed by atoms with E-state index in [2.05, 4.69) is 10.6 Å². The smallest absolute Gasteiger partial charge is 0.325 e. The number of anilines is 1. The molecule has 1 aliphatic rings. The number of non-ortho nitro benzene ring substituents is 1. The average Bonchev–Trinajstić information content (AvgIpc) is 2.91. The minimum atomic E-state index is -3.38. The lowest BCUT2D eigenvalue weighted by Gasteiger charge is -2.22. The molecule has 0 aromatic heterocycles. The van der Waals surface area contributed by atoms with Crippen LogP contribution in [0.2, 0.25) is 0 Å². The van der Waals surface area contributed by atoms with Crippen LogP contribution in [0.25, 0.3) is 0 Å².